The van der Waals surface area contributed by atoms with Crippen LogP contribution < -0.4 is 5.73 Å². The lowest BCUT2D eigenvalue weighted by Gasteiger charge is -2.34. The SMILES string of the molecule is Cc1c(N)cnn1C(C)C(=O)N1CCN(C)CC1. The molecule has 100 valence electrons. The number of carbonyl (C=O) groups excluding carboxylic acids is 1. The van der Waals surface area contributed by atoms with Crippen molar-refractivity contribution in [3.8, 4) is 0 Å². The van der Waals surface area contributed by atoms with Crippen LogP contribution >= 0.6 is 0 Å². The number of nitrogens with two attached hydrogens (primary N) is 1. The molecule has 1 atom stereocenters. The zero-order valence-corrected chi connectivity index (χ0v) is 11.3. The number of nitrogens with zero attached hydrogens (tertiary/aromatic N) is 4. The Balaban J connectivity index is 2.07. The quantitative estimate of drug-likeness (QED) is 0.810. The zero-order chi connectivity index (χ0) is 13.3. The van der Waals surface area contributed by atoms with Gasteiger partial charge in [0.1, 0.15) is 6.04 Å². The fourth-order valence-electron chi connectivity index (χ4n) is 2.22. The van der Waals surface area contributed by atoms with Crippen LogP contribution in [0, 0.1) is 6.92 Å². The normalized spacial score (nSPS) is 18.9. The van der Waals surface area contributed by atoms with Crippen LogP contribution in [0.2, 0.25) is 0 Å². The van der Waals surface area contributed by atoms with E-state index in [0.29, 0.717) is 5.69 Å². The van der Waals surface area contributed by atoms with Gasteiger partial charge in [0.15, 0.2) is 0 Å². The molecule has 1 saturated heterocycles. The summed E-state index contributed by atoms with van der Waals surface area (Å²) in [6.07, 6.45) is 1.60. The number of aromatic nitrogens is 2. The molecule has 1 aliphatic heterocycles. The number of carbonyl (C=O) groups is 1. The number of hydrogen-bond donors (Lipinski definition) is 1. The van der Waals surface area contributed by atoms with E-state index in [2.05, 4.69) is 17.0 Å². The van der Waals surface area contributed by atoms with Crippen molar-refractivity contribution in [2.24, 2.45) is 0 Å². The van der Waals surface area contributed by atoms with E-state index in [1.54, 1.807) is 10.9 Å². The third-order valence-electron chi connectivity index (χ3n) is 3.62. The lowest BCUT2D eigenvalue weighted by Crippen LogP contribution is -2.49. The Hall–Kier alpha value is -1.56. The van der Waals surface area contributed by atoms with Crippen molar-refractivity contribution in [1.29, 1.82) is 0 Å². The van der Waals surface area contributed by atoms with E-state index in [9.17, 15) is 4.79 Å². The summed E-state index contributed by atoms with van der Waals surface area (Å²) < 4.78 is 1.70. The van der Waals surface area contributed by atoms with Gasteiger partial charge in [0.05, 0.1) is 17.6 Å². The van der Waals surface area contributed by atoms with Crippen LogP contribution in [0.25, 0.3) is 0 Å². The lowest BCUT2D eigenvalue weighted by atomic mass is 10.2. The third kappa shape index (κ3) is 2.33. The van der Waals surface area contributed by atoms with Gasteiger partial charge in [-0.05, 0) is 20.9 Å². The number of piperazine rings is 1. The first kappa shape index (κ1) is 12.9. The van der Waals surface area contributed by atoms with Crippen molar-refractivity contribution in [2.75, 3.05) is 39.0 Å². The number of hydrogen-bond acceptors (Lipinski definition) is 4. The molecule has 0 saturated carbocycles. The van der Waals surface area contributed by atoms with Crippen LogP contribution in [-0.2, 0) is 4.79 Å². The molecular weight excluding hydrogens is 230 g/mol. The van der Waals surface area contributed by atoms with Crippen LogP contribution in [0.5, 0.6) is 0 Å². The van der Waals surface area contributed by atoms with Crippen molar-refractivity contribution in [3.05, 3.63) is 11.9 Å². The predicted octanol–water partition coefficient (Wildman–Crippen LogP) is 0.109. The zero-order valence-electron chi connectivity index (χ0n) is 11.3. The van der Waals surface area contributed by atoms with Crippen molar-refractivity contribution < 1.29 is 4.79 Å². The minimum Gasteiger partial charge on any atom is -0.396 e. The van der Waals surface area contributed by atoms with Crippen LogP contribution in [0.4, 0.5) is 5.69 Å². The summed E-state index contributed by atoms with van der Waals surface area (Å²) in [5, 5.41) is 4.18. The van der Waals surface area contributed by atoms with E-state index in [0.717, 1.165) is 31.9 Å². The summed E-state index contributed by atoms with van der Waals surface area (Å²) in [6, 6.07) is -0.286. The topological polar surface area (TPSA) is 67.4 Å². The highest BCUT2D eigenvalue weighted by Gasteiger charge is 2.26. The second-order valence-corrected chi connectivity index (χ2v) is 4.93. The Morgan fingerprint density at radius 3 is 2.50 bits per heavy atom. The van der Waals surface area contributed by atoms with E-state index in [4.69, 9.17) is 5.73 Å². The third-order valence-corrected chi connectivity index (χ3v) is 3.62. The molecule has 1 aromatic rings. The number of amides is 1. The average Bonchev–Trinajstić information content (AvgIpc) is 2.69. The maximum atomic E-state index is 12.4. The van der Waals surface area contributed by atoms with E-state index in [1.807, 2.05) is 18.7 Å². The van der Waals surface area contributed by atoms with Gasteiger partial charge >= 0.3 is 0 Å². The number of likely N-dealkylation sites (N-methyl/N-ethyl adjacent to an activating group) is 1. The first-order valence-corrected chi connectivity index (χ1v) is 6.27. The number of anilines is 1. The highest BCUT2D eigenvalue weighted by molar-refractivity contribution is 5.80. The second-order valence-electron chi connectivity index (χ2n) is 4.93. The van der Waals surface area contributed by atoms with Gasteiger partial charge in [-0.3, -0.25) is 9.48 Å². The van der Waals surface area contributed by atoms with Gasteiger partial charge in [-0.1, -0.05) is 0 Å². The van der Waals surface area contributed by atoms with E-state index >= 15 is 0 Å². The first-order valence-electron chi connectivity index (χ1n) is 6.27. The Kier molecular flexibility index (Phi) is 3.56. The van der Waals surface area contributed by atoms with Gasteiger partial charge in [0.2, 0.25) is 5.91 Å². The van der Waals surface area contributed by atoms with Crippen molar-refractivity contribution in [1.82, 2.24) is 19.6 Å². The smallest absolute Gasteiger partial charge is 0.247 e. The Morgan fingerprint density at radius 2 is 2.00 bits per heavy atom. The molecule has 6 heteroatoms. The molecule has 0 aromatic carbocycles. The number of nitrogen functional groups attached to an aromatic ring is 1. The molecule has 1 unspecified atom stereocenters. The molecule has 0 aliphatic carbocycles. The Labute approximate surface area is 107 Å². The molecular formula is C12H21N5O. The Morgan fingerprint density at radius 1 is 1.39 bits per heavy atom. The molecule has 1 fully saturated rings. The highest BCUT2D eigenvalue weighted by Crippen LogP contribution is 2.17. The maximum absolute atomic E-state index is 12.4. The molecule has 2 N–H and O–H groups in total. The molecule has 6 nitrogen and oxygen atoms in total. The summed E-state index contributed by atoms with van der Waals surface area (Å²) in [6.45, 7) is 7.19. The molecule has 2 rings (SSSR count). The van der Waals surface area contributed by atoms with Gasteiger partial charge in [-0.15, -0.1) is 0 Å². The van der Waals surface area contributed by atoms with Crippen LogP contribution in [0.3, 0.4) is 0 Å². The fourth-order valence-corrected chi connectivity index (χ4v) is 2.22. The van der Waals surface area contributed by atoms with Crippen molar-refractivity contribution in [3.63, 3.8) is 0 Å². The minimum atomic E-state index is -0.286. The highest BCUT2D eigenvalue weighted by atomic mass is 16.2. The van der Waals surface area contributed by atoms with Crippen molar-refractivity contribution >= 4 is 11.6 Å². The largest absolute Gasteiger partial charge is 0.396 e. The maximum Gasteiger partial charge on any atom is 0.247 e. The fraction of sp³-hybridized carbons (Fsp3) is 0.667. The van der Waals surface area contributed by atoms with Crippen LogP contribution in [0.15, 0.2) is 6.20 Å². The minimum absolute atomic E-state index is 0.120. The molecule has 0 radical (unpaired) electrons. The van der Waals surface area contributed by atoms with Gasteiger partial charge in [0, 0.05) is 26.2 Å². The summed E-state index contributed by atoms with van der Waals surface area (Å²) in [7, 11) is 2.07. The molecule has 1 amide bonds. The second kappa shape index (κ2) is 4.97. The first-order chi connectivity index (χ1) is 8.50. The molecule has 0 bridgehead atoms. The summed E-state index contributed by atoms with van der Waals surface area (Å²) in [5.41, 5.74) is 7.24. The molecule has 2 heterocycles. The molecule has 0 spiro atoms. The van der Waals surface area contributed by atoms with Crippen LogP contribution in [0.1, 0.15) is 18.7 Å². The predicted molar refractivity (Wildman–Crippen MR) is 70.2 cm³/mol. The van der Waals surface area contributed by atoms with E-state index < -0.39 is 0 Å². The molecule has 1 aromatic heterocycles. The lowest BCUT2D eigenvalue weighted by molar-refractivity contribution is -0.136. The van der Waals surface area contributed by atoms with Gasteiger partial charge in [-0.2, -0.15) is 5.10 Å². The average molecular weight is 251 g/mol. The van der Waals surface area contributed by atoms with Crippen molar-refractivity contribution in [2.45, 2.75) is 19.9 Å². The van der Waals surface area contributed by atoms with Gasteiger partial charge in [0.25, 0.3) is 0 Å². The molecule has 18 heavy (non-hydrogen) atoms. The summed E-state index contributed by atoms with van der Waals surface area (Å²) >= 11 is 0. The summed E-state index contributed by atoms with van der Waals surface area (Å²) in [4.78, 5) is 16.5. The van der Waals surface area contributed by atoms with Gasteiger partial charge in [-0.25, -0.2) is 0 Å². The van der Waals surface area contributed by atoms with Crippen LogP contribution in [-0.4, -0.2) is 58.7 Å². The van der Waals surface area contributed by atoms with Gasteiger partial charge < -0.3 is 15.5 Å². The Bertz CT molecular complexity index is 434. The van der Waals surface area contributed by atoms with E-state index in [-0.39, 0.29) is 11.9 Å². The van der Waals surface area contributed by atoms with E-state index in [1.165, 1.54) is 0 Å². The summed E-state index contributed by atoms with van der Waals surface area (Å²) in [5.74, 6) is 0.120. The molecule has 1 aliphatic rings. The number of rotatable bonds is 2. The monoisotopic (exact) mass is 251 g/mol. The standard InChI is InChI=1S/C12H21N5O/c1-9-11(13)8-14-17(9)10(2)12(18)16-6-4-15(3)5-7-16/h8,10H,4-7,13H2,1-3H3.